The molecule has 20 heavy (non-hydrogen) atoms. The number of nitro benzene ring substituents is 1. The molecule has 3 rings (SSSR count). The van der Waals surface area contributed by atoms with Crippen molar-refractivity contribution in [3.8, 4) is 0 Å². The first-order valence-corrected chi connectivity index (χ1v) is 6.28. The van der Waals surface area contributed by atoms with Crippen LogP contribution in [0, 0.1) is 10.1 Å². The molecule has 0 aromatic heterocycles. The summed E-state index contributed by atoms with van der Waals surface area (Å²) in [5.74, 6) is 0.0517. The number of nitrogens with zero attached hydrogens (tertiary/aromatic N) is 1. The van der Waals surface area contributed by atoms with Gasteiger partial charge in [0.2, 0.25) is 0 Å². The van der Waals surface area contributed by atoms with Gasteiger partial charge in [-0.3, -0.25) is 14.9 Å². The molecule has 1 heterocycles. The number of hydrogen-bond acceptors (Lipinski definition) is 4. The smallest absolute Gasteiger partial charge is 0.269 e. The molecule has 0 radical (unpaired) electrons. The predicted molar refractivity (Wildman–Crippen MR) is 74.8 cm³/mol. The highest BCUT2D eigenvalue weighted by molar-refractivity contribution is 6.03. The topological polar surface area (TPSA) is 72.2 Å². The minimum atomic E-state index is -0.428. The van der Waals surface area contributed by atoms with Gasteiger partial charge in [0.25, 0.3) is 5.69 Å². The van der Waals surface area contributed by atoms with Gasteiger partial charge in [0.1, 0.15) is 0 Å². The molecule has 0 bridgehead atoms. The summed E-state index contributed by atoms with van der Waals surface area (Å²) in [4.78, 5) is 22.5. The Labute approximate surface area is 115 Å². The van der Waals surface area contributed by atoms with E-state index in [1.165, 1.54) is 12.1 Å². The molecule has 0 amide bonds. The molecule has 0 aliphatic carbocycles. The van der Waals surface area contributed by atoms with E-state index in [0.29, 0.717) is 12.0 Å². The van der Waals surface area contributed by atoms with Gasteiger partial charge in [-0.05, 0) is 17.7 Å². The van der Waals surface area contributed by atoms with Crippen molar-refractivity contribution >= 4 is 17.2 Å². The first-order valence-electron chi connectivity index (χ1n) is 6.28. The highest BCUT2D eigenvalue weighted by atomic mass is 16.6. The number of rotatable bonds is 2. The third-order valence-electron chi connectivity index (χ3n) is 3.43. The van der Waals surface area contributed by atoms with E-state index in [1.807, 2.05) is 18.2 Å². The summed E-state index contributed by atoms with van der Waals surface area (Å²) in [5.41, 5.74) is 2.24. The Kier molecular flexibility index (Phi) is 2.95. The lowest BCUT2D eigenvalue weighted by atomic mass is 9.92. The number of para-hydroxylation sites is 1. The molecule has 0 fully saturated rings. The van der Waals surface area contributed by atoms with Crippen LogP contribution in [-0.4, -0.2) is 10.7 Å². The number of nitrogens with one attached hydrogen (secondary N) is 1. The van der Waals surface area contributed by atoms with Crippen LogP contribution in [0.5, 0.6) is 0 Å². The van der Waals surface area contributed by atoms with E-state index in [4.69, 9.17) is 0 Å². The van der Waals surface area contributed by atoms with Crippen LogP contribution in [0.25, 0.3) is 0 Å². The summed E-state index contributed by atoms with van der Waals surface area (Å²) in [5, 5.41) is 14.1. The molecule has 0 spiro atoms. The minimum Gasteiger partial charge on any atom is -0.377 e. The number of carbonyl (C=O) groups is 1. The summed E-state index contributed by atoms with van der Waals surface area (Å²) < 4.78 is 0. The number of Topliss-reactive ketones (excluding diaryl/α,β-unsaturated/α-hetero) is 1. The second-order valence-corrected chi connectivity index (χ2v) is 4.72. The fourth-order valence-electron chi connectivity index (χ4n) is 2.44. The number of carbonyl (C=O) groups excluding carboxylic acids is 1. The van der Waals surface area contributed by atoms with E-state index >= 15 is 0 Å². The number of benzene rings is 2. The molecule has 100 valence electrons. The standard InChI is InChI=1S/C15H12N2O3/c18-15-9-14(16-13-7-2-1-6-12(13)15)10-4-3-5-11(8-10)17(19)20/h1-8,14,16H,9H2. The van der Waals surface area contributed by atoms with E-state index < -0.39 is 4.92 Å². The zero-order chi connectivity index (χ0) is 14.1. The van der Waals surface area contributed by atoms with Crippen molar-refractivity contribution < 1.29 is 9.72 Å². The Morgan fingerprint density at radius 3 is 2.75 bits per heavy atom. The second kappa shape index (κ2) is 4.77. The van der Waals surface area contributed by atoms with Crippen LogP contribution in [0.15, 0.2) is 48.5 Å². The van der Waals surface area contributed by atoms with Gasteiger partial charge in [-0.15, -0.1) is 0 Å². The number of hydrogen-bond donors (Lipinski definition) is 1. The highest BCUT2D eigenvalue weighted by Gasteiger charge is 2.25. The fourth-order valence-corrected chi connectivity index (χ4v) is 2.44. The van der Waals surface area contributed by atoms with Crippen LogP contribution in [0.3, 0.4) is 0 Å². The Balaban J connectivity index is 1.95. The molecular weight excluding hydrogens is 256 g/mol. The number of anilines is 1. The van der Waals surface area contributed by atoms with Crippen LogP contribution in [0.1, 0.15) is 28.4 Å². The van der Waals surface area contributed by atoms with Crippen molar-refractivity contribution in [2.75, 3.05) is 5.32 Å². The average molecular weight is 268 g/mol. The van der Waals surface area contributed by atoms with Crippen molar-refractivity contribution in [2.45, 2.75) is 12.5 Å². The normalized spacial score (nSPS) is 17.2. The van der Waals surface area contributed by atoms with Crippen molar-refractivity contribution in [1.29, 1.82) is 0 Å². The van der Waals surface area contributed by atoms with Crippen molar-refractivity contribution in [2.24, 2.45) is 0 Å². The number of fused-ring (bicyclic) bond motifs is 1. The number of non-ortho nitro benzene ring substituents is 1. The Hall–Kier alpha value is -2.69. The van der Waals surface area contributed by atoms with Crippen molar-refractivity contribution in [3.05, 3.63) is 69.8 Å². The van der Waals surface area contributed by atoms with E-state index in [-0.39, 0.29) is 17.5 Å². The van der Waals surface area contributed by atoms with Crippen LogP contribution in [0.4, 0.5) is 11.4 Å². The minimum absolute atomic E-state index is 0.0376. The van der Waals surface area contributed by atoms with Crippen LogP contribution < -0.4 is 5.32 Å². The Morgan fingerprint density at radius 2 is 1.95 bits per heavy atom. The molecule has 5 heteroatoms. The summed E-state index contributed by atoms with van der Waals surface area (Å²) in [6.07, 6.45) is 0.304. The SMILES string of the molecule is O=C1CC(c2cccc([N+](=O)[O-])c2)Nc2ccccc21. The maximum Gasteiger partial charge on any atom is 0.269 e. The van der Waals surface area contributed by atoms with Crippen LogP contribution >= 0.6 is 0 Å². The summed E-state index contributed by atoms with van der Waals surface area (Å²) >= 11 is 0. The average Bonchev–Trinajstić information content (AvgIpc) is 2.47. The van der Waals surface area contributed by atoms with Crippen LogP contribution in [-0.2, 0) is 0 Å². The van der Waals surface area contributed by atoms with E-state index in [2.05, 4.69) is 5.32 Å². The van der Waals surface area contributed by atoms with Gasteiger partial charge < -0.3 is 5.32 Å². The molecule has 1 atom stereocenters. The Morgan fingerprint density at radius 1 is 1.15 bits per heavy atom. The molecule has 2 aromatic carbocycles. The third kappa shape index (κ3) is 2.14. The lowest BCUT2D eigenvalue weighted by Gasteiger charge is -2.26. The molecule has 1 aliphatic heterocycles. The van der Waals surface area contributed by atoms with E-state index in [9.17, 15) is 14.9 Å². The van der Waals surface area contributed by atoms with Gasteiger partial charge in [0, 0.05) is 29.8 Å². The molecule has 5 nitrogen and oxygen atoms in total. The van der Waals surface area contributed by atoms with Crippen LogP contribution in [0.2, 0.25) is 0 Å². The number of ketones is 1. The van der Waals surface area contributed by atoms with Crippen molar-refractivity contribution in [3.63, 3.8) is 0 Å². The lowest BCUT2D eigenvalue weighted by molar-refractivity contribution is -0.384. The molecule has 1 aliphatic rings. The Bertz CT molecular complexity index is 697. The van der Waals surface area contributed by atoms with Gasteiger partial charge in [-0.1, -0.05) is 24.3 Å². The summed E-state index contributed by atoms with van der Waals surface area (Å²) in [6.45, 7) is 0. The quantitative estimate of drug-likeness (QED) is 0.669. The van der Waals surface area contributed by atoms with Gasteiger partial charge >= 0.3 is 0 Å². The van der Waals surface area contributed by atoms with Gasteiger partial charge in [-0.25, -0.2) is 0 Å². The molecule has 0 saturated heterocycles. The van der Waals surface area contributed by atoms with Gasteiger partial charge in [0.05, 0.1) is 11.0 Å². The summed E-state index contributed by atoms with van der Waals surface area (Å²) in [7, 11) is 0. The third-order valence-corrected chi connectivity index (χ3v) is 3.43. The van der Waals surface area contributed by atoms with E-state index in [0.717, 1.165) is 11.3 Å². The number of nitro groups is 1. The fraction of sp³-hybridized carbons (Fsp3) is 0.133. The summed E-state index contributed by atoms with van der Waals surface area (Å²) in [6, 6.07) is 13.5. The molecule has 2 aromatic rings. The van der Waals surface area contributed by atoms with Gasteiger partial charge in [0.15, 0.2) is 5.78 Å². The molecule has 1 N–H and O–H groups in total. The van der Waals surface area contributed by atoms with Gasteiger partial charge in [-0.2, -0.15) is 0 Å². The zero-order valence-electron chi connectivity index (χ0n) is 10.6. The molecule has 0 saturated carbocycles. The predicted octanol–water partition coefficient (Wildman–Crippen LogP) is 3.33. The maximum atomic E-state index is 12.1. The first-order chi connectivity index (χ1) is 9.65. The first kappa shape index (κ1) is 12.3. The maximum absolute atomic E-state index is 12.1. The highest BCUT2D eigenvalue weighted by Crippen LogP contribution is 2.33. The monoisotopic (exact) mass is 268 g/mol. The molecule has 1 unspecified atom stereocenters. The second-order valence-electron chi connectivity index (χ2n) is 4.72. The van der Waals surface area contributed by atoms with Crippen molar-refractivity contribution in [1.82, 2.24) is 0 Å². The molecular formula is C15H12N2O3. The zero-order valence-corrected chi connectivity index (χ0v) is 10.6. The lowest BCUT2D eigenvalue weighted by Crippen LogP contribution is -2.22. The largest absolute Gasteiger partial charge is 0.377 e. The van der Waals surface area contributed by atoms with E-state index in [1.54, 1.807) is 18.2 Å².